The fraction of sp³-hybridized carbons (Fsp3) is 0.481. The maximum absolute atomic E-state index is 13.9. The highest BCUT2D eigenvalue weighted by Crippen LogP contribution is 2.40. The molecule has 3 rings (SSSR count). The molecule has 2 heterocycles. The molecule has 38 heavy (non-hydrogen) atoms. The molecule has 3 amide bonds. The summed E-state index contributed by atoms with van der Waals surface area (Å²) in [6, 6.07) is 10.1. The first-order valence-corrected chi connectivity index (χ1v) is 12.2. The predicted octanol–water partition coefficient (Wildman–Crippen LogP) is 4.36. The van der Waals surface area contributed by atoms with Crippen LogP contribution in [0.25, 0.3) is 0 Å². The number of alkyl halides is 2. The minimum atomic E-state index is -3.12. The Morgan fingerprint density at radius 2 is 1.79 bits per heavy atom. The molecule has 1 fully saturated rings. The number of likely N-dealkylation sites (tertiary alicyclic amines) is 1. The second-order valence-corrected chi connectivity index (χ2v) is 10.4. The lowest BCUT2D eigenvalue weighted by molar-refractivity contribution is -0.141. The maximum Gasteiger partial charge on any atom is 0.388 e. The van der Waals surface area contributed by atoms with Crippen molar-refractivity contribution in [2.75, 3.05) is 25.5 Å². The smallest absolute Gasteiger partial charge is 0.388 e. The average molecular weight is 533 g/mol. The van der Waals surface area contributed by atoms with E-state index in [0.29, 0.717) is 5.69 Å². The number of esters is 1. The van der Waals surface area contributed by atoms with Crippen LogP contribution in [0, 0.1) is 6.92 Å². The van der Waals surface area contributed by atoms with E-state index in [1.165, 1.54) is 18.1 Å². The Balaban J connectivity index is 1.92. The van der Waals surface area contributed by atoms with Gasteiger partial charge >= 0.3 is 18.6 Å². The molecule has 0 bridgehead atoms. The molecule has 2 N–H and O–H groups in total. The zero-order valence-corrected chi connectivity index (χ0v) is 22.4. The molecule has 2 aromatic rings. The van der Waals surface area contributed by atoms with Crippen molar-refractivity contribution in [2.24, 2.45) is 0 Å². The van der Waals surface area contributed by atoms with Crippen LogP contribution in [0.15, 0.2) is 36.4 Å². The number of aromatic nitrogens is 1. The lowest BCUT2D eigenvalue weighted by atomic mass is 9.69. The molecule has 0 aliphatic carbocycles. The highest BCUT2D eigenvalue weighted by atomic mass is 19.3. The number of hydrogen-bond acceptors (Lipinski definition) is 6. The average Bonchev–Trinajstić information content (AvgIpc) is 2.79. The van der Waals surface area contributed by atoms with E-state index < -0.39 is 35.5 Å². The van der Waals surface area contributed by atoms with Crippen molar-refractivity contribution in [3.63, 3.8) is 0 Å². The quantitative estimate of drug-likeness (QED) is 0.465. The van der Waals surface area contributed by atoms with Crippen LogP contribution in [0.4, 0.5) is 19.3 Å². The number of amides is 3. The van der Waals surface area contributed by atoms with Gasteiger partial charge in [-0.25, -0.2) is 9.78 Å². The number of benzene rings is 1. The van der Waals surface area contributed by atoms with Gasteiger partial charge in [0.1, 0.15) is 11.1 Å². The topological polar surface area (TPSA) is 110 Å². The first-order chi connectivity index (χ1) is 17.8. The first kappa shape index (κ1) is 28.8. The fourth-order valence-corrected chi connectivity index (χ4v) is 4.51. The maximum atomic E-state index is 13.9. The largest absolute Gasteiger partial charge is 0.469 e. The zero-order chi connectivity index (χ0) is 28.3. The van der Waals surface area contributed by atoms with E-state index in [1.54, 1.807) is 26.8 Å². The van der Waals surface area contributed by atoms with Gasteiger partial charge in [-0.05, 0) is 49.9 Å². The molecular formula is C27H34F2N4O5. The van der Waals surface area contributed by atoms with Crippen LogP contribution in [0.5, 0.6) is 5.88 Å². The number of methoxy groups -OCH3 is 1. The normalized spacial score (nSPS) is 14.6. The van der Waals surface area contributed by atoms with E-state index in [9.17, 15) is 23.2 Å². The number of rotatable bonds is 9. The van der Waals surface area contributed by atoms with E-state index >= 15 is 0 Å². The highest BCUT2D eigenvalue weighted by molar-refractivity contribution is 6.02. The summed E-state index contributed by atoms with van der Waals surface area (Å²) in [6.07, 6.45) is -0.0295. The molecule has 0 radical (unpaired) electrons. The molecule has 0 spiro atoms. The molecule has 1 saturated heterocycles. The molecule has 0 atom stereocenters. The number of anilines is 1. The summed E-state index contributed by atoms with van der Waals surface area (Å²) in [4.78, 5) is 44.1. The van der Waals surface area contributed by atoms with E-state index in [-0.39, 0.29) is 37.0 Å². The highest BCUT2D eigenvalue weighted by Gasteiger charge is 2.54. The number of carbonyl (C=O) groups is 3. The van der Waals surface area contributed by atoms with Crippen LogP contribution in [0.1, 0.15) is 56.9 Å². The predicted molar refractivity (Wildman–Crippen MR) is 137 cm³/mol. The lowest BCUT2D eigenvalue weighted by Crippen LogP contribution is -2.69. The zero-order valence-electron chi connectivity index (χ0n) is 22.4. The van der Waals surface area contributed by atoms with Crippen molar-refractivity contribution in [1.29, 1.82) is 0 Å². The number of nitrogens with one attached hydrogen (secondary N) is 2. The molecular weight excluding hydrogens is 498 g/mol. The van der Waals surface area contributed by atoms with Crippen molar-refractivity contribution in [3.05, 3.63) is 53.2 Å². The molecule has 1 aliphatic rings. The van der Waals surface area contributed by atoms with Crippen LogP contribution in [-0.2, 0) is 19.7 Å². The number of hydrogen-bond donors (Lipinski definition) is 2. The Labute approximate surface area is 220 Å². The van der Waals surface area contributed by atoms with Gasteiger partial charge in [-0.15, -0.1) is 0 Å². The van der Waals surface area contributed by atoms with Gasteiger partial charge in [0, 0.05) is 24.3 Å². The van der Waals surface area contributed by atoms with Crippen LogP contribution in [-0.4, -0.2) is 60.1 Å². The minimum absolute atomic E-state index is 0.00409. The monoisotopic (exact) mass is 532 g/mol. The molecule has 0 saturated carbocycles. The van der Waals surface area contributed by atoms with E-state index in [4.69, 9.17) is 4.74 Å². The summed E-state index contributed by atoms with van der Waals surface area (Å²) in [6.45, 7) is 5.97. The third-order valence-corrected chi connectivity index (χ3v) is 6.45. The summed E-state index contributed by atoms with van der Waals surface area (Å²) in [5.74, 6) is -1.25. The van der Waals surface area contributed by atoms with Crippen molar-refractivity contribution in [3.8, 4) is 5.88 Å². The second kappa shape index (κ2) is 11.3. The summed E-state index contributed by atoms with van der Waals surface area (Å²) in [7, 11) is 1.27. The summed E-state index contributed by atoms with van der Waals surface area (Å²) in [5.41, 5.74) is 0.0818. The molecule has 11 heteroatoms. The third kappa shape index (κ3) is 6.38. The van der Waals surface area contributed by atoms with Crippen LogP contribution >= 0.6 is 0 Å². The van der Waals surface area contributed by atoms with Crippen molar-refractivity contribution in [1.82, 2.24) is 15.2 Å². The Kier molecular flexibility index (Phi) is 8.58. The van der Waals surface area contributed by atoms with Gasteiger partial charge in [0.15, 0.2) is 0 Å². The third-order valence-electron chi connectivity index (χ3n) is 6.45. The summed E-state index contributed by atoms with van der Waals surface area (Å²) >= 11 is 0. The van der Waals surface area contributed by atoms with Gasteiger partial charge in [0.05, 0.1) is 13.5 Å². The molecule has 1 aromatic carbocycles. The fourth-order valence-electron chi connectivity index (χ4n) is 4.51. The van der Waals surface area contributed by atoms with E-state index in [2.05, 4.69) is 20.4 Å². The SMILES string of the molecule is COC(=O)CC(C)(C)NC(=O)N1CC(C(=O)Nc2ccc(C)nc2OC(F)F)(c2ccccc2C(C)C)C1. The summed E-state index contributed by atoms with van der Waals surface area (Å²) in [5, 5.41) is 5.53. The number of nitrogens with zero attached hydrogens (tertiary/aromatic N) is 2. The minimum Gasteiger partial charge on any atom is -0.469 e. The lowest BCUT2D eigenvalue weighted by Gasteiger charge is -2.50. The second-order valence-electron chi connectivity index (χ2n) is 10.4. The van der Waals surface area contributed by atoms with Gasteiger partial charge in [0.2, 0.25) is 11.8 Å². The van der Waals surface area contributed by atoms with Gasteiger partial charge < -0.3 is 25.0 Å². The number of ether oxygens (including phenoxy) is 2. The Hall–Kier alpha value is -3.76. The molecule has 206 valence electrons. The number of pyridine rings is 1. The number of halogens is 2. The Morgan fingerprint density at radius 1 is 1.13 bits per heavy atom. The Morgan fingerprint density at radius 3 is 2.39 bits per heavy atom. The standard InChI is InChI=1S/C27H34F2N4O5/c1-16(2)18-9-7-8-10-19(18)27(14-33(15-27)25(36)32-26(4,5)13-21(34)37-6)23(35)31-20-12-11-17(3)30-22(20)38-24(28)29/h7-12,16,24H,13-15H2,1-6H3,(H,31,35)(H,32,36). The number of aryl methyl sites for hydroxylation is 1. The van der Waals surface area contributed by atoms with E-state index in [0.717, 1.165) is 11.1 Å². The molecule has 1 aliphatic heterocycles. The van der Waals surface area contributed by atoms with Gasteiger partial charge in [0.25, 0.3) is 0 Å². The van der Waals surface area contributed by atoms with Crippen molar-refractivity contribution >= 4 is 23.6 Å². The molecule has 0 unspecified atom stereocenters. The molecule has 9 nitrogen and oxygen atoms in total. The molecule has 1 aromatic heterocycles. The van der Waals surface area contributed by atoms with Gasteiger partial charge in [-0.3, -0.25) is 9.59 Å². The van der Waals surface area contributed by atoms with Gasteiger partial charge in [-0.2, -0.15) is 8.78 Å². The number of urea groups is 1. The Bertz CT molecular complexity index is 1200. The van der Waals surface area contributed by atoms with E-state index in [1.807, 2.05) is 38.1 Å². The van der Waals surface area contributed by atoms with Gasteiger partial charge in [-0.1, -0.05) is 38.1 Å². The first-order valence-electron chi connectivity index (χ1n) is 12.2. The van der Waals surface area contributed by atoms with Crippen LogP contribution in [0.3, 0.4) is 0 Å². The van der Waals surface area contributed by atoms with Crippen LogP contribution < -0.4 is 15.4 Å². The van der Waals surface area contributed by atoms with Crippen molar-refractivity contribution in [2.45, 2.75) is 64.5 Å². The van der Waals surface area contributed by atoms with Crippen molar-refractivity contribution < 1.29 is 32.6 Å². The number of carbonyl (C=O) groups excluding carboxylic acids is 3. The summed E-state index contributed by atoms with van der Waals surface area (Å²) < 4.78 is 35.3. The van der Waals surface area contributed by atoms with Crippen LogP contribution in [0.2, 0.25) is 0 Å².